The zero-order chi connectivity index (χ0) is 23.1. The molecule has 0 N–H and O–H groups in total. The minimum atomic E-state index is 0.990. The van der Waals surface area contributed by atoms with Crippen LogP contribution in [0.5, 0.6) is 0 Å². The Hall–Kier alpha value is -2.06. The van der Waals surface area contributed by atoms with Crippen LogP contribution in [0.1, 0.15) is 9.75 Å². The number of rotatable bonds is 4. The number of thiophene rings is 4. The second-order valence-electron chi connectivity index (χ2n) is 9.62. The van der Waals surface area contributed by atoms with Crippen molar-refractivity contribution in [2.45, 2.75) is 13.1 Å². The normalized spacial score (nSPS) is 12.9. The van der Waals surface area contributed by atoms with Crippen LogP contribution in [0.4, 0.5) is 0 Å². The minimum Gasteiger partial charge on any atom is -0.304 e. The van der Waals surface area contributed by atoms with Crippen molar-refractivity contribution in [3.05, 3.63) is 58.3 Å². The summed E-state index contributed by atoms with van der Waals surface area (Å²) in [6, 6.07) is 18.9. The average Bonchev–Trinajstić information content (AvgIpc) is 3.51. The minimum absolute atomic E-state index is 0.990. The van der Waals surface area contributed by atoms with Gasteiger partial charge in [0.25, 0.3) is 0 Å². The summed E-state index contributed by atoms with van der Waals surface area (Å²) in [4.78, 5) is 7.39. The summed E-state index contributed by atoms with van der Waals surface area (Å²) in [6.07, 6.45) is 0. The number of hydrogen-bond acceptors (Lipinski definition) is 6. The molecule has 7 rings (SSSR count). The first kappa shape index (κ1) is 21.2. The fourth-order valence-electron chi connectivity index (χ4n) is 5.22. The van der Waals surface area contributed by atoms with Crippen LogP contribution in [0.25, 0.3) is 60.5 Å². The van der Waals surface area contributed by atoms with Crippen LogP contribution in [0.2, 0.25) is 0 Å². The Bertz CT molecular complexity index is 1740. The number of benzene rings is 3. The summed E-state index contributed by atoms with van der Waals surface area (Å²) in [5, 5.41) is 8.65. The van der Waals surface area contributed by atoms with E-state index in [2.05, 4.69) is 86.5 Å². The highest BCUT2D eigenvalue weighted by molar-refractivity contribution is 7.28. The van der Waals surface area contributed by atoms with Crippen LogP contribution in [-0.4, -0.2) is 38.0 Å². The molecular weight excluding hydrogens is 493 g/mol. The highest BCUT2D eigenvalue weighted by atomic mass is 32.1. The molecule has 0 bridgehead atoms. The van der Waals surface area contributed by atoms with Gasteiger partial charge < -0.3 is 9.80 Å². The predicted octanol–water partition coefficient (Wildman–Crippen LogP) is 8.97. The van der Waals surface area contributed by atoms with Gasteiger partial charge in [0.15, 0.2) is 0 Å². The zero-order valence-corrected chi connectivity index (χ0v) is 22.8. The lowest BCUT2D eigenvalue weighted by Crippen LogP contribution is -2.09. The molecule has 170 valence electrons. The topological polar surface area (TPSA) is 6.48 Å². The van der Waals surface area contributed by atoms with E-state index >= 15 is 0 Å². The molecule has 6 heteroatoms. The van der Waals surface area contributed by atoms with Crippen LogP contribution >= 0.6 is 45.3 Å². The van der Waals surface area contributed by atoms with Crippen molar-refractivity contribution in [3.63, 3.8) is 0 Å². The predicted molar refractivity (Wildman–Crippen MR) is 158 cm³/mol. The first-order chi connectivity index (χ1) is 16.5. The Kier molecular flexibility index (Phi) is 4.82. The molecule has 0 aliphatic rings. The van der Waals surface area contributed by atoms with E-state index in [-0.39, 0.29) is 0 Å². The Balaban J connectivity index is 1.64. The first-order valence-electron chi connectivity index (χ1n) is 11.4. The average molecular weight is 517 g/mol. The number of fused-ring (bicyclic) bond motifs is 11. The first-order valence-corrected chi connectivity index (χ1v) is 14.7. The Morgan fingerprint density at radius 3 is 1.21 bits per heavy atom. The molecule has 4 heterocycles. The molecule has 34 heavy (non-hydrogen) atoms. The highest BCUT2D eigenvalue weighted by Crippen LogP contribution is 2.49. The monoisotopic (exact) mass is 516 g/mol. The quantitative estimate of drug-likeness (QED) is 0.230. The van der Waals surface area contributed by atoms with Gasteiger partial charge in [-0.25, -0.2) is 0 Å². The van der Waals surface area contributed by atoms with E-state index in [0.29, 0.717) is 0 Å². The molecule has 0 aliphatic heterocycles. The van der Waals surface area contributed by atoms with Gasteiger partial charge in [-0.1, -0.05) is 0 Å². The Morgan fingerprint density at radius 1 is 0.471 bits per heavy atom. The lowest BCUT2D eigenvalue weighted by atomic mass is 10.0. The van der Waals surface area contributed by atoms with Crippen LogP contribution in [0.3, 0.4) is 0 Å². The van der Waals surface area contributed by atoms with E-state index < -0.39 is 0 Å². The summed E-state index contributed by atoms with van der Waals surface area (Å²) in [6.45, 7) is 1.98. The van der Waals surface area contributed by atoms with Gasteiger partial charge in [-0.05, 0) is 76.7 Å². The lowest BCUT2D eigenvalue weighted by molar-refractivity contribution is 0.406. The van der Waals surface area contributed by atoms with E-state index in [0.717, 1.165) is 13.1 Å². The van der Waals surface area contributed by atoms with E-state index in [1.54, 1.807) is 0 Å². The van der Waals surface area contributed by atoms with Crippen LogP contribution in [0, 0.1) is 0 Å². The fourth-order valence-corrected chi connectivity index (χ4v) is 9.86. The van der Waals surface area contributed by atoms with Crippen molar-refractivity contribution in [3.8, 4) is 0 Å². The third-order valence-corrected chi connectivity index (χ3v) is 10.9. The van der Waals surface area contributed by atoms with Crippen molar-refractivity contribution < 1.29 is 0 Å². The van der Waals surface area contributed by atoms with E-state index in [9.17, 15) is 0 Å². The molecule has 2 nitrogen and oxygen atoms in total. The largest absolute Gasteiger partial charge is 0.304 e. The molecule has 0 saturated heterocycles. The molecule has 3 aromatic carbocycles. The fraction of sp³-hybridized carbons (Fsp3) is 0.214. The molecular formula is C28H24N2S4. The van der Waals surface area contributed by atoms with Crippen LogP contribution in [-0.2, 0) is 13.1 Å². The van der Waals surface area contributed by atoms with Gasteiger partial charge in [0.1, 0.15) is 0 Å². The van der Waals surface area contributed by atoms with Crippen molar-refractivity contribution in [2.24, 2.45) is 0 Å². The molecule has 4 aromatic heterocycles. The van der Waals surface area contributed by atoms with Gasteiger partial charge in [-0.15, -0.1) is 45.3 Å². The van der Waals surface area contributed by atoms with Crippen LogP contribution < -0.4 is 0 Å². The molecule has 0 spiro atoms. The number of hydrogen-bond donors (Lipinski definition) is 0. The summed E-state index contributed by atoms with van der Waals surface area (Å²) in [5.41, 5.74) is 0. The smallest absolute Gasteiger partial charge is 0.0362 e. The number of nitrogens with zero attached hydrogens (tertiary/aromatic N) is 2. The molecule has 0 saturated carbocycles. The lowest BCUT2D eigenvalue weighted by Gasteiger charge is -2.05. The second kappa shape index (κ2) is 7.72. The Labute approximate surface area is 214 Å². The van der Waals surface area contributed by atoms with Gasteiger partial charge in [0.2, 0.25) is 0 Å². The molecule has 0 fully saturated rings. The van der Waals surface area contributed by atoms with Gasteiger partial charge in [-0.3, -0.25) is 0 Å². The molecule has 0 unspecified atom stereocenters. The summed E-state index contributed by atoms with van der Waals surface area (Å²) < 4.78 is 8.39. The van der Waals surface area contributed by atoms with E-state index in [1.165, 1.54) is 70.3 Å². The standard InChI is InChI=1S/C28H24N2S4/c1-29(2)13-15-11-17-19(31-15)5-7-21-25(17)27-23(33-21)9-10-24-28(27)26-18-12-16(14-30(3)4)32-20(18)6-8-22(26)34-24/h5-12H,13-14H2,1-4H3. The molecule has 0 aliphatic carbocycles. The SMILES string of the molecule is CN(C)Cc1cc2c(ccc3sc4ccc5sc6ccc7sc(CN(C)C)cc7c6c5c4c32)s1. The van der Waals surface area contributed by atoms with Gasteiger partial charge in [-0.2, -0.15) is 0 Å². The second-order valence-corrected chi connectivity index (χ2v) is 14.1. The van der Waals surface area contributed by atoms with Crippen molar-refractivity contribution >= 4 is 106 Å². The van der Waals surface area contributed by atoms with Crippen molar-refractivity contribution in [2.75, 3.05) is 28.2 Å². The zero-order valence-electron chi connectivity index (χ0n) is 19.6. The van der Waals surface area contributed by atoms with Gasteiger partial charge in [0.05, 0.1) is 0 Å². The van der Waals surface area contributed by atoms with E-state index in [4.69, 9.17) is 0 Å². The van der Waals surface area contributed by atoms with Gasteiger partial charge >= 0.3 is 0 Å². The van der Waals surface area contributed by atoms with E-state index in [1.807, 2.05) is 45.3 Å². The van der Waals surface area contributed by atoms with Crippen molar-refractivity contribution in [1.29, 1.82) is 0 Å². The molecule has 0 radical (unpaired) electrons. The maximum Gasteiger partial charge on any atom is 0.0362 e. The third kappa shape index (κ3) is 3.17. The highest BCUT2D eigenvalue weighted by Gasteiger charge is 2.19. The molecule has 0 amide bonds. The maximum atomic E-state index is 2.44. The Morgan fingerprint density at radius 2 is 0.824 bits per heavy atom. The molecule has 0 atom stereocenters. The maximum absolute atomic E-state index is 2.44. The van der Waals surface area contributed by atoms with Crippen LogP contribution in [0.15, 0.2) is 48.5 Å². The van der Waals surface area contributed by atoms with Crippen molar-refractivity contribution in [1.82, 2.24) is 9.80 Å². The summed E-state index contributed by atoms with van der Waals surface area (Å²) >= 11 is 7.76. The summed E-state index contributed by atoms with van der Waals surface area (Å²) in [7, 11) is 8.60. The third-order valence-electron chi connectivity index (χ3n) is 6.44. The van der Waals surface area contributed by atoms with Gasteiger partial charge in [0, 0.05) is 83.4 Å². The molecule has 7 aromatic rings. The summed E-state index contributed by atoms with van der Waals surface area (Å²) in [5.74, 6) is 0.